The van der Waals surface area contributed by atoms with Crippen LogP contribution in [0.15, 0.2) is 0 Å². The Kier molecular flexibility index (Phi) is 3.65. The minimum Gasteiger partial charge on any atom is -0.316 e. The first-order valence-electron chi connectivity index (χ1n) is 6.32. The molecule has 15 heavy (non-hydrogen) atoms. The minimum atomic E-state index is 0.803. The Labute approximate surface area is 93.8 Å². The predicted molar refractivity (Wildman–Crippen MR) is 64.1 cm³/mol. The molecule has 2 atom stereocenters. The number of hydrogen-bond donors (Lipinski definition) is 1. The number of piperidine rings is 1. The Bertz CT molecular complexity index is 189. The van der Waals surface area contributed by atoms with Gasteiger partial charge in [-0.05, 0) is 32.0 Å². The smallest absolute Gasteiger partial charge is 0.0172 e. The van der Waals surface area contributed by atoms with Gasteiger partial charge in [-0.2, -0.15) is 0 Å². The first-order valence-corrected chi connectivity index (χ1v) is 6.32. The standard InChI is InChI=1S/C12H25N3/c1-10-8-13-9-11(2)12(10)15-6-4-14(3)5-7-15/h10-13H,4-9H2,1-3H3. The molecule has 0 aromatic heterocycles. The van der Waals surface area contributed by atoms with Crippen LogP contribution in [0.25, 0.3) is 0 Å². The maximum Gasteiger partial charge on any atom is 0.0172 e. The zero-order chi connectivity index (χ0) is 10.8. The summed E-state index contributed by atoms with van der Waals surface area (Å²) in [7, 11) is 2.23. The van der Waals surface area contributed by atoms with E-state index < -0.39 is 0 Å². The molecule has 2 aliphatic heterocycles. The molecule has 2 heterocycles. The fourth-order valence-electron chi connectivity index (χ4n) is 3.18. The van der Waals surface area contributed by atoms with Gasteiger partial charge in [-0.15, -0.1) is 0 Å². The average Bonchev–Trinajstić information content (AvgIpc) is 2.20. The third kappa shape index (κ3) is 2.52. The van der Waals surface area contributed by atoms with E-state index in [9.17, 15) is 0 Å². The van der Waals surface area contributed by atoms with E-state index in [1.807, 2.05) is 0 Å². The lowest BCUT2D eigenvalue weighted by Gasteiger charge is -2.46. The van der Waals surface area contributed by atoms with Gasteiger partial charge >= 0.3 is 0 Å². The van der Waals surface area contributed by atoms with Gasteiger partial charge in [0, 0.05) is 32.2 Å². The van der Waals surface area contributed by atoms with Crippen molar-refractivity contribution in [2.75, 3.05) is 46.3 Å². The fraction of sp³-hybridized carbons (Fsp3) is 1.00. The molecule has 0 aromatic carbocycles. The van der Waals surface area contributed by atoms with E-state index in [-0.39, 0.29) is 0 Å². The number of nitrogens with one attached hydrogen (secondary N) is 1. The number of likely N-dealkylation sites (N-methyl/N-ethyl adjacent to an activating group) is 1. The minimum absolute atomic E-state index is 0.803. The lowest BCUT2D eigenvalue weighted by molar-refractivity contribution is 0.0406. The first kappa shape index (κ1) is 11.4. The molecular weight excluding hydrogens is 186 g/mol. The Morgan fingerprint density at radius 3 is 2.00 bits per heavy atom. The van der Waals surface area contributed by atoms with Gasteiger partial charge in [0.2, 0.25) is 0 Å². The fourth-order valence-corrected chi connectivity index (χ4v) is 3.18. The number of hydrogen-bond acceptors (Lipinski definition) is 3. The highest BCUT2D eigenvalue weighted by atomic mass is 15.3. The van der Waals surface area contributed by atoms with Gasteiger partial charge in [-0.3, -0.25) is 4.90 Å². The van der Waals surface area contributed by atoms with Gasteiger partial charge in [0.25, 0.3) is 0 Å². The molecule has 0 spiro atoms. The van der Waals surface area contributed by atoms with Crippen molar-refractivity contribution in [2.45, 2.75) is 19.9 Å². The topological polar surface area (TPSA) is 18.5 Å². The van der Waals surface area contributed by atoms with Crippen LogP contribution in [0.2, 0.25) is 0 Å². The summed E-state index contributed by atoms with van der Waals surface area (Å²) in [6.07, 6.45) is 0. The third-order valence-electron chi connectivity index (χ3n) is 4.06. The van der Waals surface area contributed by atoms with Gasteiger partial charge < -0.3 is 10.2 Å². The van der Waals surface area contributed by atoms with Crippen molar-refractivity contribution >= 4 is 0 Å². The maximum atomic E-state index is 3.53. The molecule has 0 aromatic rings. The molecule has 2 aliphatic rings. The van der Waals surface area contributed by atoms with Crippen LogP contribution < -0.4 is 5.32 Å². The van der Waals surface area contributed by atoms with Gasteiger partial charge in [0.15, 0.2) is 0 Å². The quantitative estimate of drug-likeness (QED) is 0.680. The molecule has 0 saturated carbocycles. The molecule has 0 radical (unpaired) electrons. The molecule has 2 fully saturated rings. The molecule has 88 valence electrons. The van der Waals surface area contributed by atoms with Crippen LogP contribution in [0.3, 0.4) is 0 Å². The van der Waals surface area contributed by atoms with Crippen molar-refractivity contribution < 1.29 is 0 Å². The van der Waals surface area contributed by atoms with Crippen molar-refractivity contribution in [3.8, 4) is 0 Å². The zero-order valence-electron chi connectivity index (χ0n) is 10.4. The van der Waals surface area contributed by atoms with Crippen molar-refractivity contribution in [3.63, 3.8) is 0 Å². The lowest BCUT2D eigenvalue weighted by atomic mass is 9.85. The second-order valence-electron chi connectivity index (χ2n) is 5.44. The molecule has 0 amide bonds. The van der Waals surface area contributed by atoms with Gasteiger partial charge in [-0.1, -0.05) is 13.8 Å². The van der Waals surface area contributed by atoms with Crippen LogP contribution in [0.1, 0.15) is 13.8 Å². The van der Waals surface area contributed by atoms with Crippen molar-refractivity contribution in [1.29, 1.82) is 0 Å². The summed E-state index contributed by atoms with van der Waals surface area (Å²) in [5.74, 6) is 1.61. The van der Waals surface area contributed by atoms with E-state index in [1.54, 1.807) is 0 Å². The average molecular weight is 211 g/mol. The van der Waals surface area contributed by atoms with E-state index in [0.717, 1.165) is 17.9 Å². The van der Waals surface area contributed by atoms with E-state index in [2.05, 4.69) is 36.0 Å². The van der Waals surface area contributed by atoms with Crippen LogP contribution in [-0.4, -0.2) is 62.2 Å². The summed E-state index contributed by atoms with van der Waals surface area (Å²) >= 11 is 0. The summed E-state index contributed by atoms with van der Waals surface area (Å²) in [4.78, 5) is 5.16. The molecule has 3 heteroatoms. The summed E-state index contributed by atoms with van der Waals surface area (Å²) in [5, 5.41) is 3.53. The van der Waals surface area contributed by atoms with Crippen molar-refractivity contribution in [1.82, 2.24) is 15.1 Å². The van der Waals surface area contributed by atoms with Gasteiger partial charge in [-0.25, -0.2) is 0 Å². The van der Waals surface area contributed by atoms with Crippen LogP contribution in [-0.2, 0) is 0 Å². The Morgan fingerprint density at radius 2 is 1.47 bits per heavy atom. The zero-order valence-corrected chi connectivity index (χ0v) is 10.4. The van der Waals surface area contributed by atoms with Gasteiger partial charge in [0.05, 0.1) is 0 Å². The second-order valence-corrected chi connectivity index (χ2v) is 5.44. The molecule has 0 bridgehead atoms. The van der Waals surface area contributed by atoms with Crippen molar-refractivity contribution in [2.24, 2.45) is 11.8 Å². The van der Waals surface area contributed by atoms with Crippen LogP contribution >= 0.6 is 0 Å². The predicted octanol–water partition coefficient (Wildman–Crippen LogP) is 0.478. The molecule has 2 unspecified atom stereocenters. The molecular formula is C12H25N3. The van der Waals surface area contributed by atoms with E-state index in [0.29, 0.717) is 0 Å². The van der Waals surface area contributed by atoms with E-state index in [4.69, 9.17) is 0 Å². The highest BCUT2D eigenvalue weighted by Crippen LogP contribution is 2.23. The molecule has 2 rings (SSSR count). The molecule has 1 N–H and O–H groups in total. The van der Waals surface area contributed by atoms with Crippen LogP contribution in [0.5, 0.6) is 0 Å². The highest BCUT2D eigenvalue weighted by Gasteiger charge is 2.33. The van der Waals surface area contributed by atoms with Gasteiger partial charge in [0.1, 0.15) is 0 Å². The number of piperazine rings is 1. The normalized spacial score (nSPS) is 40.6. The maximum absolute atomic E-state index is 3.53. The Balaban J connectivity index is 1.95. The van der Waals surface area contributed by atoms with E-state index >= 15 is 0 Å². The summed E-state index contributed by atoms with van der Waals surface area (Å²) in [6, 6.07) is 0.806. The Hall–Kier alpha value is -0.120. The lowest BCUT2D eigenvalue weighted by Crippen LogP contribution is -2.58. The summed E-state index contributed by atoms with van der Waals surface area (Å²) < 4.78 is 0. The third-order valence-corrected chi connectivity index (χ3v) is 4.06. The first-order chi connectivity index (χ1) is 7.18. The largest absolute Gasteiger partial charge is 0.316 e. The van der Waals surface area contributed by atoms with E-state index in [1.165, 1.54) is 39.3 Å². The molecule has 0 aliphatic carbocycles. The monoisotopic (exact) mass is 211 g/mol. The summed E-state index contributed by atoms with van der Waals surface area (Å²) in [6.45, 7) is 12.2. The SMILES string of the molecule is CC1CNCC(C)C1N1CCN(C)CC1. The second kappa shape index (κ2) is 4.81. The van der Waals surface area contributed by atoms with Crippen molar-refractivity contribution in [3.05, 3.63) is 0 Å². The summed E-state index contributed by atoms with van der Waals surface area (Å²) in [5.41, 5.74) is 0. The molecule has 2 saturated heterocycles. The van der Waals surface area contributed by atoms with Crippen LogP contribution in [0.4, 0.5) is 0 Å². The van der Waals surface area contributed by atoms with Crippen LogP contribution in [0, 0.1) is 11.8 Å². The highest BCUT2D eigenvalue weighted by molar-refractivity contribution is 4.89. The Morgan fingerprint density at radius 1 is 0.933 bits per heavy atom. The molecule has 3 nitrogen and oxygen atoms in total. The number of nitrogens with zero attached hydrogens (tertiary/aromatic N) is 2. The number of rotatable bonds is 1.